The minimum Gasteiger partial charge on any atom is -0.310 e. The number of rotatable bonds is 3. The van der Waals surface area contributed by atoms with Gasteiger partial charge in [0.15, 0.2) is 0 Å². The molecular weight excluding hydrogens is 178 g/mol. The highest BCUT2D eigenvalue weighted by atomic mass is 32.1. The largest absolute Gasteiger partial charge is 0.310 e. The molecule has 1 aromatic rings. The summed E-state index contributed by atoms with van der Waals surface area (Å²) in [6.45, 7) is 3.27. The van der Waals surface area contributed by atoms with E-state index < -0.39 is 0 Å². The molecule has 2 heteroatoms. The first-order valence-corrected chi connectivity index (χ1v) is 6.05. The molecule has 0 aromatic carbocycles. The van der Waals surface area contributed by atoms with E-state index in [4.69, 9.17) is 0 Å². The van der Waals surface area contributed by atoms with Crippen molar-refractivity contribution in [2.75, 3.05) is 0 Å². The zero-order valence-electron chi connectivity index (χ0n) is 8.18. The molecule has 0 amide bonds. The van der Waals surface area contributed by atoms with Gasteiger partial charge < -0.3 is 5.32 Å². The molecule has 2 rings (SSSR count). The maximum atomic E-state index is 3.63. The van der Waals surface area contributed by atoms with Crippen LogP contribution in [0.2, 0.25) is 0 Å². The highest BCUT2D eigenvalue weighted by Gasteiger charge is 2.13. The van der Waals surface area contributed by atoms with Gasteiger partial charge in [-0.15, -0.1) is 0 Å². The normalized spacial score (nSPS) is 18.2. The van der Waals surface area contributed by atoms with Gasteiger partial charge in [0.25, 0.3) is 0 Å². The third-order valence-electron chi connectivity index (χ3n) is 2.90. The summed E-state index contributed by atoms with van der Waals surface area (Å²) in [5.41, 5.74) is 2.92. The van der Waals surface area contributed by atoms with Crippen LogP contribution >= 0.6 is 11.3 Å². The van der Waals surface area contributed by atoms with E-state index in [1.165, 1.54) is 36.8 Å². The minimum atomic E-state index is 0.791. The maximum absolute atomic E-state index is 3.63. The monoisotopic (exact) mass is 195 g/mol. The predicted molar refractivity (Wildman–Crippen MR) is 58.2 cm³/mol. The van der Waals surface area contributed by atoms with Gasteiger partial charge in [0.1, 0.15) is 0 Å². The third kappa shape index (κ3) is 2.32. The lowest BCUT2D eigenvalue weighted by atomic mass is 10.2. The summed E-state index contributed by atoms with van der Waals surface area (Å²) in [5, 5.41) is 8.12. The molecule has 13 heavy (non-hydrogen) atoms. The Morgan fingerprint density at radius 1 is 1.38 bits per heavy atom. The van der Waals surface area contributed by atoms with Crippen LogP contribution in [0, 0.1) is 6.92 Å². The molecule has 0 aliphatic heterocycles. The number of thiophene rings is 1. The fourth-order valence-corrected chi connectivity index (χ4v) is 2.81. The highest BCUT2D eigenvalue weighted by Crippen LogP contribution is 2.19. The van der Waals surface area contributed by atoms with Crippen molar-refractivity contribution in [2.24, 2.45) is 0 Å². The number of nitrogens with one attached hydrogen (secondary N) is 1. The molecule has 1 aliphatic carbocycles. The van der Waals surface area contributed by atoms with E-state index >= 15 is 0 Å². The topological polar surface area (TPSA) is 12.0 Å². The molecule has 0 bridgehead atoms. The molecule has 1 aromatic heterocycles. The van der Waals surface area contributed by atoms with Crippen molar-refractivity contribution < 1.29 is 0 Å². The van der Waals surface area contributed by atoms with Crippen LogP contribution in [0.1, 0.15) is 36.8 Å². The second kappa shape index (κ2) is 4.25. The minimum absolute atomic E-state index is 0.791. The lowest BCUT2D eigenvalue weighted by Gasteiger charge is -2.11. The van der Waals surface area contributed by atoms with Crippen LogP contribution in [-0.2, 0) is 6.54 Å². The van der Waals surface area contributed by atoms with Crippen LogP contribution in [0.25, 0.3) is 0 Å². The van der Waals surface area contributed by atoms with Gasteiger partial charge in [0, 0.05) is 12.6 Å². The van der Waals surface area contributed by atoms with Crippen molar-refractivity contribution in [1.82, 2.24) is 5.32 Å². The molecule has 1 fully saturated rings. The smallest absolute Gasteiger partial charge is 0.0218 e. The number of hydrogen-bond acceptors (Lipinski definition) is 2. The van der Waals surface area contributed by atoms with Crippen LogP contribution in [0.3, 0.4) is 0 Å². The Morgan fingerprint density at radius 2 is 2.15 bits per heavy atom. The van der Waals surface area contributed by atoms with Crippen molar-refractivity contribution in [3.63, 3.8) is 0 Å². The number of hydrogen-bond donors (Lipinski definition) is 1. The van der Waals surface area contributed by atoms with Crippen molar-refractivity contribution in [1.29, 1.82) is 0 Å². The van der Waals surface area contributed by atoms with E-state index in [0.717, 1.165) is 12.6 Å². The molecule has 0 spiro atoms. The van der Waals surface area contributed by atoms with Crippen molar-refractivity contribution in [2.45, 2.75) is 45.2 Å². The van der Waals surface area contributed by atoms with Gasteiger partial charge in [0.2, 0.25) is 0 Å². The van der Waals surface area contributed by atoms with Crippen LogP contribution < -0.4 is 5.32 Å². The lowest BCUT2D eigenvalue weighted by molar-refractivity contribution is 0.524. The third-order valence-corrected chi connectivity index (χ3v) is 3.81. The zero-order chi connectivity index (χ0) is 9.10. The van der Waals surface area contributed by atoms with Gasteiger partial charge in [-0.05, 0) is 41.7 Å². The van der Waals surface area contributed by atoms with Crippen LogP contribution in [0.4, 0.5) is 0 Å². The standard InChI is InChI=1S/C11H17NS/c1-9-7-13-8-10(9)6-12-11-4-2-3-5-11/h7-8,11-12H,2-6H2,1H3. The summed E-state index contributed by atoms with van der Waals surface area (Å²) in [7, 11) is 0. The van der Waals surface area contributed by atoms with E-state index in [9.17, 15) is 0 Å². The summed E-state index contributed by atoms with van der Waals surface area (Å²) in [4.78, 5) is 0. The molecule has 1 saturated carbocycles. The molecule has 1 N–H and O–H groups in total. The average Bonchev–Trinajstić information content (AvgIpc) is 2.72. The van der Waals surface area contributed by atoms with E-state index in [1.807, 2.05) is 11.3 Å². The SMILES string of the molecule is Cc1cscc1CNC1CCCC1. The van der Waals surface area contributed by atoms with E-state index in [-0.39, 0.29) is 0 Å². The maximum Gasteiger partial charge on any atom is 0.0218 e. The van der Waals surface area contributed by atoms with E-state index in [2.05, 4.69) is 23.0 Å². The van der Waals surface area contributed by atoms with Gasteiger partial charge in [-0.3, -0.25) is 0 Å². The van der Waals surface area contributed by atoms with Gasteiger partial charge in [-0.1, -0.05) is 12.8 Å². The van der Waals surface area contributed by atoms with Gasteiger partial charge in [-0.2, -0.15) is 11.3 Å². The highest BCUT2D eigenvalue weighted by molar-refractivity contribution is 7.08. The molecule has 0 radical (unpaired) electrons. The summed E-state index contributed by atoms with van der Waals surface area (Å²) < 4.78 is 0. The first kappa shape index (κ1) is 9.22. The van der Waals surface area contributed by atoms with Crippen LogP contribution in [0.5, 0.6) is 0 Å². The van der Waals surface area contributed by atoms with Gasteiger partial charge >= 0.3 is 0 Å². The number of aryl methyl sites for hydroxylation is 1. The van der Waals surface area contributed by atoms with E-state index in [1.54, 1.807) is 0 Å². The second-order valence-electron chi connectivity index (χ2n) is 3.94. The Labute approximate surface area is 84.2 Å². The Balaban J connectivity index is 1.82. The Bertz CT molecular complexity index is 261. The molecular formula is C11H17NS. The molecule has 0 atom stereocenters. The second-order valence-corrected chi connectivity index (χ2v) is 4.69. The molecule has 1 heterocycles. The fraction of sp³-hybridized carbons (Fsp3) is 0.636. The summed E-state index contributed by atoms with van der Waals surface area (Å²) >= 11 is 1.81. The van der Waals surface area contributed by atoms with Gasteiger partial charge in [-0.25, -0.2) is 0 Å². The lowest BCUT2D eigenvalue weighted by Crippen LogP contribution is -2.25. The van der Waals surface area contributed by atoms with Crippen molar-refractivity contribution in [3.8, 4) is 0 Å². The first-order chi connectivity index (χ1) is 6.36. The summed E-state index contributed by atoms with van der Waals surface area (Å²) in [6, 6.07) is 0.791. The van der Waals surface area contributed by atoms with Crippen molar-refractivity contribution in [3.05, 3.63) is 21.9 Å². The summed E-state index contributed by atoms with van der Waals surface area (Å²) in [6.07, 6.45) is 5.59. The average molecular weight is 195 g/mol. The fourth-order valence-electron chi connectivity index (χ4n) is 1.95. The Morgan fingerprint density at radius 3 is 2.77 bits per heavy atom. The molecule has 1 nitrogen and oxygen atoms in total. The van der Waals surface area contributed by atoms with Gasteiger partial charge in [0.05, 0.1) is 0 Å². The molecule has 0 saturated heterocycles. The Hall–Kier alpha value is -0.340. The predicted octanol–water partition coefficient (Wildman–Crippen LogP) is 3.09. The van der Waals surface area contributed by atoms with Crippen LogP contribution in [-0.4, -0.2) is 6.04 Å². The molecule has 1 aliphatic rings. The van der Waals surface area contributed by atoms with Crippen molar-refractivity contribution >= 4 is 11.3 Å². The van der Waals surface area contributed by atoms with E-state index in [0.29, 0.717) is 0 Å². The summed E-state index contributed by atoms with van der Waals surface area (Å²) in [5.74, 6) is 0. The molecule has 72 valence electrons. The quantitative estimate of drug-likeness (QED) is 0.781. The Kier molecular flexibility index (Phi) is 3.01. The first-order valence-electron chi connectivity index (χ1n) is 5.11. The zero-order valence-corrected chi connectivity index (χ0v) is 8.99. The molecule has 0 unspecified atom stereocenters. The van der Waals surface area contributed by atoms with Crippen LogP contribution in [0.15, 0.2) is 10.8 Å².